The van der Waals surface area contributed by atoms with Crippen LogP contribution in [0.1, 0.15) is 6.92 Å². The minimum atomic E-state index is -0.291. The smallest absolute Gasteiger partial charge is 0.237 e. The molecule has 3 aromatic rings. The summed E-state index contributed by atoms with van der Waals surface area (Å²) >= 11 is 6.25. The highest BCUT2D eigenvalue weighted by atomic mass is 79.9. The third-order valence-electron chi connectivity index (χ3n) is 3.78. The van der Waals surface area contributed by atoms with Gasteiger partial charge < -0.3 is 15.5 Å². The van der Waals surface area contributed by atoms with E-state index in [1.807, 2.05) is 74.4 Å². The minimum absolute atomic E-state index is 0.0701. The molecule has 1 aromatic heterocycles. The summed E-state index contributed by atoms with van der Waals surface area (Å²) in [6.45, 7) is 1.86. The summed E-state index contributed by atoms with van der Waals surface area (Å²) in [6.07, 6.45) is 0. The fourth-order valence-corrected chi connectivity index (χ4v) is 4.60. The van der Waals surface area contributed by atoms with Gasteiger partial charge in [0, 0.05) is 35.6 Å². The first-order valence-corrected chi connectivity index (χ1v) is 11.0. The molecule has 28 heavy (non-hydrogen) atoms. The van der Waals surface area contributed by atoms with E-state index in [1.165, 1.54) is 23.1 Å². The number of rotatable bonds is 7. The Balaban J connectivity index is 1.56. The highest BCUT2D eigenvalue weighted by Gasteiger charge is 2.17. The Kier molecular flexibility index (Phi) is 6.93. The van der Waals surface area contributed by atoms with Crippen molar-refractivity contribution in [1.82, 2.24) is 10.2 Å². The molecule has 0 radical (unpaired) electrons. The lowest BCUT2D eigenvalue weighted by molar-refractivity contribution is -0.115. The largest absolute Gasteiger partial charge is 0.378 e. The molecule has 0 saturated heterocycles. The van der Waals surface area contributed by atoms with Crippen molar-refractivity contribution in [2.75, 3.05) is 29.6 Å². The van der Waals surface area contributed by atoms with Crippen LogP contribution in [-0.4, -0.2) is 35.4 Å². The predicted molar refractivity (Wildman–Crippen MR) is 122 cm³/mol. The van der Waals surface area contributed by atoms with E-state index >= 15 is 0 Å². The Morgan fingerprint density at radius 2 is 1.89 bits per heavy atom. The molecule has 0 bridgehead atoms. The van der Waals surface area contributed by atoms with Crippen LogP contribution in [0.15, 0.2) is 57.3 Å². The monoisotopic (exact) mass is 477 g/mol. The zero-order valence-electron chi connectivity index (χ0n) is 15.6. The Hall–Kier alpha value is -2.10. The number of benzene rings is 2. The summed E-state index contributed by atoms with van der Waals surface area (Å²) in [4.78, 5) is 14.5. The SMILES string of the molecule is CC(Sc1nnc(Nc2cccc(Br)c2)s1)C(=O)Nc1ccc(N(C)C)cc1. The van der Waals surface area contributed by atoms with Crippen LogP contribution in [0.5, 0.6) is 0 Å². The second-order valence-electron chi connectivity index (χ2n) is 6.20. The summed E-state index contributed by atoms with van der Waals surface area (Å²) in [5.41, 5.74) is 2.78. The third-order valence-corrected chi connectivity index (χ3v) is 6.30. The van der Waals surface area contributed by atoms with E-state index in [0.29, 0.717) is 5.13 Å². The number of nitrogens with zero attached hydrogens (tertiary/aromatic N) is 3. The van der Waals surface area contributed by atoms with Crippen LogP contribution >= 0.6 is 39.0 Å². The molecule has 1 unspecified atom stereocenters. The van der Waals surface area contributed by atoms with E-state index in [9.17, 15) is 4.79 Å². The lowest BCUT2D eigenvalue weighted by Crippen LogP contribution is -2.22. The van der Waals surface area contributed by atoms with Gasteiger partial charge in [-0.2, -0.15) is 0 Å². The van der Waals surface area contributed by atoms with E-state index in [0.717, 1.165) is 25.9 Å². The van der Waals surface area contributed by atoms with E-state index in [4.69, 9.17) is 0 Å². The van der Waals surface area contributed by atoms with Crippen LogP contribution in [0.3, 0.4) is 0 Å². The van der Waals surface area contributed by atoms with Gasteiger partial charge in [-0.1, -0.05) is 45.1 Å². The van der Waals surface area contributed by atoms with Gasteiger partial charge in [0.25, 0.3) is 0 Å². The zero-order valence-corrected chi connectivity index (χ0v) is 18.9. The van der Waals surface area contributed by atoms with Crippen molar-refractivity contribution in [3.8, 4) is 0 Å². The van der Waals surface area contributed by atoms with Crippen LogP contribution in [0.2, 0.25) is 0 Å². The number of halogens is 1. The lowest BCUT2D eigenvalue weighted by Gasteiger charge is -2.14. The van der Waals surface area contributed by atoms with Gasteiger partial charge in [0.15, 0.2) is 4.34 Å². The zero-order chi connectivity index (χ0) is 20.1. The van der Waals surface area contributed by atoms with Crippen LogP contribution in [0.25, 0.3) is 0 Å². The molecule has 6 nitrogen and oxygen atoms in total. The van der Waals surface area contributed by atoms with Gasteiger partial charge in [-0.15, -0.1) is 10.2 Å². The standard InChI is InChI=1S/C19H20BrN5OS2/c1-12(17(26)21-14-7-9-16(10-8-14)25(2)3)27-19-24-23-18(28-19)22-15-6-4-5-13(20)11-15/h4-12H,1-3H3,(H,21,26)(H,22,23). The summed E-state index contributed by atoms with van der Waals surface area (Å²) in [5.74, 6) is -0.0701. The first-order chi connectivity index (χ1) is 13.4. The van der Waals surface area contributed by atoms with Gasteiger partial charge >= 0.3 is 0 Å². The molecule has 1 amide bonds. The Morgan fingerprint density at radius 3 is 2.57 bits per heavy atom. The highest BCUT2D eigenvalue weighted by Crippen LogP contribution is 2.31. The lowest BCUT2D eigenvalue weighted by atomic mass is 10.2. The van der Waals surface area contributed by atoms with Crippen molar-refractivity contribution in [1.29, 1.82) is 0 Å². The van der Waals surface area contributed by atoms with Crippen LogP contribution in [-0.2, 0) is 4.79 Å². The van der Waals surface area contributed by atoms with Crippen molar-refractivity contribution >= 4 is 67.1 Å². The average Bonchev–Trinajstić information content (AvgIpc) is 3.09. The average molecular weight is 478 g/mol. The number of amides is 1. The number of thioether (sulfide) groups is 1. The number of hydrogen-bond donors (Lipinski definition) is 2. The Labute approximate surface area is 180 Å². The number of anilines is 4. The number of aromatic nitrogens is 2. The van der Waals surface area contributed by atoms with Gasteiger partial charge in [-0.3, -0.25) is 4.79 Å². The molecule has 0 fully saturated rings. The van der Waals surface area contributed by atoms with Crippen molar-refractivity contribution < 1.29 is 4.79 Å². The maximum atomic E-state index is 12.5. The Morgan fingerprint density at radius 1 is 1.14 bits per heavy atom. The van der Waals surface area contributed by atoms with Crippen molar-refractivity contribution in [2.45, 2.75) is 16.5 Å². The molecule has 0 aliphatic rings. The second-order valence-corrected chi connectivity index (χ2v) is 9.68. The predicted octanol–water partition coefficient (Wildman–Crippen LogP) is 5.23. The molecule has 0 aliphatic carbocycles. The molecular weight excluding hydrogens is 458 g/mol. The molecule has 2 aromatic carbocycles. The minimum Gasteiger partial charge on any atom is -0.378 e. The summed E-state index contributed by atoms with van der Waals surface area (Å²) in [7, 11) is 3.96. The van der Waals surface area contributed by atoms with Gasteiger partial charge in [0.05, 0.1) is 5.25 Å². The fraction of sp³-hybridized carbons (Fsp3) is 0.211. The topological polar surface area (TPSA) is 70.1 Å². The van der Waals surface area contributed by atoms with E-state index in [-0.39, 0.29) is 11.2 Å². The molecule has 2 N–H and O–H groups in total. The van der Waals surface area contributed by atoms with Crippen molar-refractivity contribution in [3.05, 3.63) is 53.0 Å². The summed E-state index contributed by atoms with van der Waals surface area (Å²) in [5, 5.41) is 14.9. The fourth-order valence-electron chi connectivity index (χ4n) is 2.29. The number of carbonyl (C=O) groups is 1. The molecule has 9 heteroatoms. The quantitative estimate of drug-likeness (QED) is 0.454. The Bertz CT molecular complexity index is 946. The van der Waals surface area contributed by atoms with Gasteiger partial charge in [0.1, 0.15) is 0 Å². The van der Waals surface area contributed by atoms with Gasteiger partial charge in [0.2, 0.25) is 11.0 Å². The molecule has 0 spiro atoms. The van der Waals surface area contributed by atoms with E-state index < -0.39 is 0 Å². The number of nitrogens with one attached hydrogen (secondary N) is 2. The molecule has 1 atom stereocenters. The maximum absolute atomic E-state index is 12.5. The van der Waals surface area contributed by atoms with Crippen LogP contribution < -0.4 is 15.5 Å². The van der Waals surface area contributed by atoms with Crippen molar-refractivity contribution in [3.63, 3.8) is 0 Å². The molecule has 0 saturated carbocycles. The van der Waals surface area contributed by atoms with Gasteiger partial charge in [-0.25, -0.2) is 0 Å². The normalized spacial score (nSPS) is 11.7. The number of hydrogen-bond acceptors (Lipinski definition) is 7. The van der Waals surface area contributed by atoms with E-state index in [1.54, 1.807) is 0 Å². The van der Waals surface area contributed by atoms with Crippen LogP contribution in [0, 0.1) is 0 Å². The first-order valence-electron chi connectivity index (χ1n) is 8.52. The number of carbonyl (C=O) groups excluding carboxylic acids is 1. The molecular formula is C19H20BrN5OS2. The van der Waals surface area contributed by atoms with Crippen LogP contribution in [0.4, 0.5) is 22.2 Å². The molecule has 3 rings (SSSR count). The molecule has 146 valence electrons. The summed E-state index contributed by atoms with van der Waals surface area (Å²) in [6, 6.07) is 15.6. The molecule has 1 heterocycles. The van der Waals surface area contributed by atoms with E-state index in [2.05, 4.69) is 36.8 Å². The summed E-state index contributed by atoms with van der Waals surface area (Å²) < 4.78 is 1.73. The third kappa shape index (κ3) is 5.70. The van der Waals surface area contributed by atoms with Crippen molar-refractivity contribution in [2.24, 2.45) is 0 Å². The second kappa shape index (κ2) is 9.40. The first kappa shape index (κ1) is 20.6. The van der Waals surface area contributed by atoms with Gasteiger partial charge in [-0.05, 0) is 49.4 Å². The maximum Gasteiger partial charge on any atom is 0.237 e. The molecule has 0 aliphatic heterocycles. The highest BCUT2D eigenvalue weighted by molar-refractivity contribution is 9.10.